The molecule has 5 nitrogen and oxygen atoms in total. The van der Waals surface area contributed by atoms with Crippen molar-refractivity contribution in [3.63, 3.8) is 0 Å². The minimum absolute atomic E-state index is 0.0243. The van der Waals surface area contributed by atoms with E-state index in [1.807, 2.05) is 12.2 Å². The molecule has 1 aliphatic rings. The molecule has 1 amide bonds. The van der Waals surface area contributed by atoms with Gasteiger partial charge in [-0.1, -0.05) is 12.2 Å². The minimum atomic E-state index is -0.0631. The smallest absolute Gasteiger partial charge is 0.229 e. The topological polar surface area (TPSA) is 75.0 Å². The molecular weight excluding hydrogens is 204 g/mol. The molecule has 2 rings (SSSR count). The van der Waals surface area contributed by atoms with Crippen molar-refractivity contribution in [3.8, 4) is 0 Å². The fraction of sp³-hybridized carbons (Fsp3) is 0.455. The first-order chi connectivity index (χ1) is 7.66. The zero-order chi connectivity index (χ0) is 11.5. The lowest BCUT2D eigenvalue weighted by Gasteiger charge is -2.19. The molecule has 0 radical (unpaired) electrons. The maximum atomic E-state index is 12.0. The average molecular weight is 220 g/mol. The van der Waals surface area contributed by atoms with Gasteiger partial charge in [0.25, 0.3) is 0 Å². The number of hydrogen-bond acceptors (Lipinski definition) is 3. The van der Waals surface area contributed by atoms with Gasteiger partial charge in [0.2, 0.25) is 5.91 Å². The van der Waals surface area contributed by atoms with Gasteiger partial charge < -0.3 is 10.6 Å². The molecule has 16 heavy (non-hydrogen) atoms. The summed E-state index contributed by atoms with van der Waals surface area (Å²) in [5, 5.41) is 6.58. The standard InChI is InChI=1S/C11H16N4O/c1-15(7-8-5-13-14-6-8)11(16)9-2-3-10(12)4-9/h2-3,5-6,9-10H,4,7,12H2,1H3,(H,13,14). The Balaban J connectivity index is 1.92. The van der Waals surface area contributed by atoms with Gasteiger partial charge >= 0.3 is 0 Å². The third-order valence-electron chi connectivity index (χ3n) is 2.78. The molecule has 0 aromatic carbocycles. The quantitative estimate of drug-likeness (QED) is 0.718. The van der Waals surface area contributed by atoms with Crippen LogP contribution in [0.4, 0.5) is 0 Å². The first-order valence-corrected chi connectivity index (χ1v) is 5.33. The van der Waals surface area contributed by atoms with Crippen LogP contribution in [0.25, 0.3) is 0 Å². The summed E-state index contributed by atoms with van der Waals surface area (Å²) < 4.78 is 0. The molecular formula is C11H16N4O. The van der Waals surface area contributed by atoms with E-state index in [2.05, 4.69) is 10.2 Å². The lowest BCUT2D eigenvalue weighted by Crippen LogP contribution is -2.32. The van der Waals surface area contributed by atoms with Crippen LogP contribution in [-0.4, -0.2) is 34.1 Å². The monoisotopic (exact) mass is 220 g/mol. The Bertz CT molecular complexity index is 385. The van der Waals surface area contributed by atoms with Gasteiger partial charge in [0.05, 0.1) is 12.1 Å². The summed E-state index contributed by atoms with van der Waals surface area (Å²) >= 11 is 0. The van der Waals surface area contributed by atoms with Gasteiger partial charge in [0, 0.05) is 31.4 Å². The van der Waals surface area contributed by atoms with Crippen molar-refractivity contribution in [1.29, 1.82) is 0 Å². The van der Waals surface area contributed by atoms with E-state index in [9.17, 15) is 4.79 Å². The van der Waals surface area contributed by atoms with Crippen molar-refractivity contribution in [2.45, 2.75) is 19.0 Å². The number of carbonyl (C=O) groups excluding carboxylic acids is 1. The fourth-order valence-electron chi connectivity index (χ4n) is 1.91. The number of carbonyl (C=O) groups is 1. The van der Waals surface area contributed by atoms with Crippen LogP contribution in [0.5, 0.6) is 0 Å². The van der Waals surface area contributed by atoms with Crippen molar-refractivity contribution in [2.24, 2.45) is 11.7 Å². The Kier molecular flexibility index (Phi) is 3.05. The van der Waals surface area contributed by atoms with E-state index in [1.165, 1.54) is 0 Å². The van der Waals surface area contributed by atoms with Crippen LogP contribution in [0.2, 0.25) is 0 Å². The van der Waals surface area contributed by atoms with E-state index in [0.29, 0.717) is 13.0 Å². The number of aromatic amines is 1. The molecule has 0 bridgehead atoms. The first-order valence-electron chi connectivity index (χ1n) is 5.33. The molecule has 1 aromatic heterocycles. The van der Waals surface area contributed by atoms with Crippen LogP contribution in [0.1, 0.15) is 12.0 Å². The molecule has 1 aliphatic carbocycles. The summed E-state index contributed by atoms with van der Waals surface area (Å²) in [6.45, 7) is 0.578. The van der Waals surface area contributed by atoms with E-state index >= 15 is 0 Å². The summed E-state index contributed by atoms with van der Waals surface area (Å²) in [5.41, 5.74) is 6.73. The molecule has 0 spiro atoms. The summed E-state index contributed by atoms with van der Waals surface area (Å²) in [7, 11) is 1.80. The minimum Gasteiger partial charge on any atom is -0.341 e. The fourth-order valence-corrected chi connectivity index (χ4v) is 1.91. The van der Waals surface area contributed by atoms with Crippen LogP contribution in [0.3, 0.4) is 0 Å². The SMILES string of the molecule is CN(Cc1cn[nH]c1)C(=O)C1C=CC(N)C1. The molecule has 0 fully saturated rings. The maximum absolute atomic E-state index is 12.0. The second kappa shape index (κ2) is 4.49. The number of aromatic nitrogens is 2. The summed E-state index contributed by atoms with van der Waals surface area (Å²) in [5.74, 6) is 0.0531. The second-order valence-electron chi connectivity index (χ2n) is 4.19. The number of nitrogens with one attached hydrogen (secondary N) is 1. The molecule has 2 unspecified atom stereocenters. The van der Waals surface area contributed by atoms with Crippen molar-refractivity contribution in [1.82, 2.24) is 15.1 Å². The van der Waals surface area contributed by atoms with E-state index in [0.717, 1.165) is 5.56 Å². The molecule has 2 atom stereocenters. The number of amides is 1. The van der Waals surface area contributed by atoms with E-state index in [-0.39, 0.29) is 17.9 Å². The van der Waals surface area contributed by atoms with Gasteiger partial charge in [-0.3, -0.25) is 9.89 Å². The molecule has 0 saturated carbocycles. The Morgan fingerprint density at radius 1 is 1.69 bits per heavy atom. The van der Waals surface area contributed by atoms with E-state index in [1.54, 1.807) is 24.3 Å². The Morgan fingerprint density at radius 3 is 3.06 bits per heavy atom. The van der Waals surface area contributed by atoms with Gasteiger partial charge in [0.1, 0.15) is 0 Å². The van der Waals surface area contributed by atoms with E-state index in [4.69, 9.17) is 5.73 Å². The highest BCUT2D eigenvalue weighted by atomic mass is 16.2. The highest BCUT2D eigenvalue weighted by molar-refractivity contribution is 5.81. The van der Waals surface area contributed by atoms with Crippen molar-refractivity contribution >= 4 is 5.91 Å². The largest absolute Gasteiger partial charge is 0.341 e. The Morgan fingerprint density at radius 2 is 2.50 bits per heavy atom. The number of H-pyrrole nitrogens is 1. The predicted molar refractivity (Wildman–Crippen MR) is 60.3 cm³/mol. The third kappa shape index (κ3) is 2.30. The number of nitrogens with two attached hydrogens (primary N) is 1. The lowest BCUT2D eigenvalue weighted by atomic mass is 10.1. The zero-order valence-corrected chi connectivity index (χ0v) is 9.26. The molecule has 0 saturated heterocycles. The lowest BCUT2D eigenvalue weighted by molar-refractivity contribution is -0.133. The van der Waals surface area contributed by atoms with Crippen LogP contribution in [0.15, 0.2) is 24.5 Å². The maximum Gasteiger partial charge on any atom is 0.229 e. The van der Waals surface area contributed by atoms with Gasteiger partial charge in [-0.2, -0.15) is 5.10 Å². The number of rotatable bonds is 3. The molecule has 0 aliphatic heterocycles. The van der Waals surface area contributed by atoms with Gasteiger partial charge in [0.15, 0.2) is 0 Å². The average Bonchev–Trinajstić information content (AvgIpc) is 2.88. The normalized spacial score (nSPS) is 23.6. The Hall–Kier alpha value is -1.62. The van der Waals surface area contributed by atoms with Crippen LogP contribution < -0.4 is 5.73 Å². The summed E-state index contributed by atoms with van der Waals surface area (Å²) in [6, 6.07) is 0.0243. The zero-order valence-electron chi connectivity index (χ0n) is 9.26. The molecule has 1 aromatic rings. The van der Waals surface area contributed by atoms with Crippen molar-refractivity contribution < 1.29 is 4.79 Å². The van der Waals surface area contributed by atoms with Crippen LogP contribution in [0, 0.1) is 5.92 Å². The molecule has 1 heterocycles. The second-order valence-corrected chi connectivity index (χ2v) is 4.19. The summed E-state index contributed by atoms with van der Waals surface area (Å²) in [4.78, 5) is 13.7. The van der Waals surface area contributed by atoms with Crippen molar-refractivity contribution in [2.75, 3.05) is 7.05 Å². The van der Waals surface area contributed by atoms with Gasteiger partial charge in [-0.15, -0.1) is 0 Å². The van der Waals surface area contributed by atoms with E-state index < -0.39 is 0 Å². The Labute approximate surface area is 94.3 Å². The highest BCUT2D eigenvalue weighted by Gasteiger charge is 2.25. The summed E-state index contributed by atoms with van der Waals surface area (Å²) in [6.07, 6.45) is 8.03. The van der Waals surface area contributed by atoms with Gasteiger partial charge in [-0.25, -0.2) is 0 Å². The predicted octanol–water partition coefficient (Wildman–Crippen LogP) is 0.271. The van der Waals surface area contributed by atoms with Crippen LogP contribution >= 0.6 is 0 Å². The number of hydrogen-bond donors (Lipinski definition) is 2. The van der Waals surface area contributed by atoms with Gasteiger partial charge in [-0.05, 0) is 6.42 Å². The molecule has 3 N–H and O–H groups in total. The van der Waals surface area contributed by atoms with Crippen LogP contribution in [-0.2, 0) is 11.3 Å². The number of nitrogens with zero attached hydrogens (tertiary/aromatic N) is 2. The van der Waals surface area contributed by atoms with Crippen molar-refractivity contribution in [3.05, 3.63) is 30.1 Å². The highest BCUT2D eigenvalue weighted by Crippen LogP contribution is 2.19. The third-order valence-corrected chi connectivity index (χ3v) is 2.78. The first kappa shape index (κ1) is 10.9. The molecule has 86 valence electrons. The molecule has 5 heteroatoms.